The Balaban J connectivity index is 1.96. The summed E-state index contributed by atoms with van der Waals surface area (Å²) in [5.74, 6) is -2.69. The molecule has 4 atom stereocenters. The van der Waals surface area contributed by atoms with Crippen LogP contribution in [0, 0.1) is 11.8 Å². The molecule has 8 nitrogen and oxygen atoms in total. The summed E-state index contributed by atoms with van der Waals surface area (Å²) in [6.45, 7) is 0.312. The summed E-state index contributed by atoms with van der Waals surface area (Å²) in [7, 11) is 2.71. The number of carbonyl (C=O) groups is 4. The van der Waals surface area contributed by atoms with Crippen molar-refractivity contribution >= 4 is 23.7 Å². The van der Waals surface area contributed by atoms with Crippen LogP contribution in [0.4, 0.5) is 0 Å². The average Bonchev–Trinajstić information content (AvgIpc) is 2.89. The first-order valence-electron chi connectivity index (χ1n) is 6.86. The third-order valence-corrected chi connectivity index (χ3v) is 4.82. The third kappa shape index (κ3) is 1.71. The lowest BCUT2D eigenvalue weighted by Crippen LogP contribution is -2.65. The van der Waals surface area contributed by atoms with E-state index in [-0.39, 0.29) is 36.6 Å². The number of hydrogen-bond acceptors (Lipinski definition) is 6. The van der Waals surface area contributed by atoms with Crippen LogP contribution in [0.3, 0.4) is 0 Å². The second kappa shape index (κ2) is 4.52. The molecular formula is C13H17N3O5. The lowest BCUT2D eigenvalue weighted by atomic mass is 9.77. The van der Waals surface area contributed by atoms with Gasteiger partial charge in [0.05, 0.1) is 18.9 Å². The van der Waals surface area contributed by atoms with E-state index in [0.717, 1.165) is 4.90 Å². The highest BCUT2D eigenvalue weighted by atomic mass is 16.5. The maximum atomic E-state index is 12.4. The predicted molar refractivity (Wildman–Crippen MR) is 68.7 cm³/mol. The molecule has 21 heavy (non-hydrogen) atoms. The fourth-order valence-electron chi connectivity index (χ4n) is 3.76. The number of nitrogens with zero attached hydrogens (tertiary/aromatic N) is 1. The first-order valence-corrected chi connectivity index (χ1v) is 6.86. The zero-order valence-electron chi connectivity index (χ0n) is 11.8. The molecule has 114 valence electrons. The number of imide groups is 1. The Hall–Kier alpha value is -1.96. The normalized spacial score (nSPS) is 37.5. The standard InChI is InChI=1S/C13H17N3O5/c1-16-10(18)8-6-5-14-12(20)13(15-6,9(8)11(16)19)4-3-7(17)21-2/h6,8-9,15H,3-5H2,1-2H3,(H,14,20)/t6-,8+,9-,13-/m0/s1. The summed E-state index contributed by atoms with van der Waals surface area (Å²) in [6.07, 6.45) is 0.147. The lowest BCUT2D eigenvalue weighted by molar-refractivity contribution is -0.146. The maximum absolute atomic E-state index is 12.4. The Morgan fingerprint density at radius 1 is 1.38 bits per heavy atom. The smallest absolute Gasteiger partial charge is 0.305 e. The number of fused-ring (bicyclic) bond motifs is 5. The minimum atomic E-state index is -1.20. The minimum Gasteiger partial charge on any atom is -0.469 e. The van der Waals surface area contributed by atoms with Gasteiger partial charge in [-0.15, -0.1) is 0 Å². The van der Waals surface area contributed by atoms with Gasteiger partial charge in [-0.2, -0.15) is 0 Å². The predicted octanol–water partition coefficient (Wildman–Crippen LogP) is -1.99. The van der Waals surface area contributed by atoms with Gasteiger partial charge in [0, 0.05) is 26.1 Å². The molecule has 2 N–H and O–H groups in total. The quantitative estimate of drug-likeness (QED) is 0.461. The summed E-state index contributed by atoms with van der Waals surface area (Å²) in [5.41, 5.74) is -1.20. The first kappa shape index (κ1) is 14.0. The number of carbonyl (C=O) groups excluding carboxylic acids is 4. The molecule has 3 saturated heterocycles. The topological polar surface area (TPSA) is 105 Å². The lowest BCUT2D eigenvalue weighted by Gasteiger charge is -2.36. The number of likely N-dealkylation sites (tertiary alicyclic amines) is 1. The van der Waals surface area contributed by atoms with Crippen LogP contribution in [0.1, 0.15) is 12.8 Å². The number of ether oxygens (including phenoxy) is 1. The molecule has 0 saturated carbocycles. The van der Waals surface area contributed by atoms with E-state index in [4.69, 9.17) is 0 Å². The fourth-order valence-corrected chi connectivity index (χ4v) is 3.76. The van der Waals surface area contributed by atoms with E-state index in [1.54, 1.807) is 0 Å². The van der Waals surface area contributed by atoms with Crippen LogP contribution < -0.4 is 10.6 Å². The molecule has 0 radical (unpaired) electrons. The van der Waals surface area contributed by atoms with E-state index in [2.05, 4.69) is 15.4 Å². The molecule has 3 heterocycles. The second-order valence-electron chi connectivity index (χ2n) is 5.75. The number of rotatable bonds is 3. The Morgan fingerprint density at radius 3 is 2.76 bits per heavy atom. The van der Waals surface area contributed by atoms with Crippen LogP contribution in [0.15, 0.2) is 0 Å². The molecule has 3 amide bonds. The van der Waals surface area contributed by atoms with Crippen molar-refractivity contribution in [2.24, 2.45) is 11.8 Å². The van der Waals surface area contributed by atoms with Crippen LogP contribution >= 0.6 is 0 Å². The number of methoxy groups -OCH3 is 1. The van der Waals surface area contributed by atoms with E-state index in [0.29, 0.717) is 6.54 Å². The Labute approximate surface area is 121 Å². The van der Waals surface area contributed by atoms with Gasteiger partial charge in [-0.3, -0.25) is 29.4 Å². The zero-order chi connectivity index (χ0) is 15.4. The van der Waals surface area contributed by atoms with Gasteiger partial charge < -0.3 is 10.1 Å². The van der Waals surface area contributed by atoms with Crippen LogP contribution in [0.25, 0.3) is 0 Å². The maximum Gasteiger partial charge on any atom is 0.305 e. The molecule has 2 bridgehead atoms. The molecule has 0 unspecified atom stereocenters. The zero-order valence-corrected chi connectivity index (χ0v) is 11.8. The second-order valence-corrected chi connectivity index (χ2v) is 5.75. The molecule has 8 heteroatoms. The van der Waals surface area contributed by atoms with Gasteiger partial charge in [-0.25, -0.2) is 0 Å². The van der Waals surface area contributed by atoms with E-state index in [1.807, 2.05) is 0 Å². The molecule has 3 aliphatic rings. The van der Waals surface area contributed by atoms with Crippen molar-refractivity contribution in [2.45, 2.75) is 24.4 Å². The van der Waals surface area contributed by atoms with Crippen molar-refractivity contribution < 1.29 is 23.9 Å². The number of piperazine rings is 1. The van der Waals surface area contributed by atoms with Gasteiger partial charge in [-0.05, 0) is 6.42 Å². The van der Waals surface area contributed by atoms with E-state index < -0.39 is 23.3 Å². The van der Waals surface area contributed by atoms with Crippen molar-refractivity contribution in [3.63, 3.8) is 0 Å². The van der Waals surface area contributed by atoms with E-state index >= 15 is 0 Å². The third-order valence-electron chi connectivity index (χ3n) is 4.82. The van der Waals surface area contributed by atoms with Crippen molar-refractivity contribution in [3.8, 4) is 0 Å². The van der Waals surface area contributed by atoms with Gasteiger partial charge >= 0.3 is 5.97 Å². The monoisotopic (exact) mass is 295 g/mol. The van der Waals surface area contributed by atoms with Crippen LogP contribution in [-0.4, -0.2) is 60.9 Å². The van der Waals surface area contributed by atoms with Gasteiger partial charge in [0.1, 0.15) is 5.54 Å². The number of nitrogens with one attached hydrogen (secondary N) is 2. The first-order chi connectivity index (χ1) is 9.92. The molecule has 3 aliphatic heterocycles. The molecule has 0 aromatic carbocycles. The Bertz CT molecular complexity index is 548. The summed E-state index contributed by atoms with van der Waals surface area (Å²) in [6, 6.07) is -0.272. The van der Waals surface area contributed by atoms with Crippen LogP contribution in [-0.2, 0) is 23.9 Å². The van der Waals surface area contributed by atoms with Crippen molar-refractivity contribution in [2.75, 3.05) is 20.7 Å². The molecular weight excluding hydrogens is 278 g/mol. The highest BCUT2D eigenvalue weighted by Crippen LogP contribution is 2.46. The molecule has 3 rings (SSSR count). The summed E-state index contributed by atoms with van der Waals surface area (Å²) < 4.78 is 4.60. The molecule has 0 spiro atoms. The molecule has 0 aliphatic carbocycles. The number of hydrogen-bond donors (Lipinski definition) is 2. The SMILES string of the molecule is COC(=O)CC[C@@]12N[C@@H](CNC1=O)[C@H]1C(=O)N(C)C(=O)[C@H]12. The molecule has 3 fully saturated rings. The molecule has 0 aromatic rings. The number of amides is 3. The van der Waals surface area contributed by atoms with Gasteiger partial charge in [-0.1, -0.05) is 0 Å². The minimum absolute atomic E-state index is 0.0119. The van der Waals surface area contributed by atoms with E-state index in [1.165, 1.54) is 14.2 Å². The van der Waals surface area contributed by atoms with Crippen molar-refractivity contribution in [1.29, 1.82) is 0 Å². The highest BCUT2D eigenvalue weighted by molar-refractivity contribution is 6.10. The Morgan fingerprint density at radius 2 is 2.10 bits per heavy atom. The molecule has 0 aromatic heterocycles. The summed E-state index contributed by atoms with van der Waals surface area (Å²) >= 11 is 0. The van der Waals surface area contributed by atoms with Crippen molar-refractivity contribution in [1.82, 2.24) is 15.5 Å². The average molecular weight is 295 g/mol. The van der Waals surface area contributed by atoms with Gasteiger partial charge in [0.2, 0.25) is 17.7 Å². The van der Waals surface area contributed by atoms with Crippen molar-refractivity contribution in [3.05, 3.63) is 0 Å². The fraction of sp³-hybridized carbons (Fsp3) is 0.692. The largest absolute Gasteiger partial charge is 0.469 e. The summed E-state index contributed by atoms with van der Waals surface area (Å²) in [5, 5.41) is 5.86. The van der Waals surface area contributed by atoms with E-state index in [9.17, 15) is 19.2 Å². The van der Waals surface area contributed by atoms with Crippen LogP contribution in [0.5, 0.6) is 0 Å². The number of esters is 1. The highest BCUT2D eigenvalue weighted by Gasteiger charge is 2.68. The summed E-state index contributed by atoms with van der Waals surface area (Å²) in [4.78, 5) is 49.4. The van der Waals surface area contributed by atoms with Gasteiger partial charge in [0.15, 0.2) is 0 Å². The van der Waals surface area contributed by atoms with Crippen LogP contribution in [0.2, 0.25) is 0 Å². The van der Waals surface area contributed by atoms with Gasteiger partial charge in [0.25, 0.3) is 0 Å². The Kier molecular flexibility index (Phi) is 3.01.